The molecule has 4 atom stereocenters. The number of nitrogens with one attached hydrogen (secondary N) is 5. The molecular weight excluding hydrogens is 1160 g/mol. The summed E-state index contributed by atoms with van der Waals surface area (Å²) >= 11 is 0. The first-order valence-corrected chi connectivity index (χ1v) is 29.2. The van der Waals surface area contributed by atoms with Crippen LogP contribution in [0.2, 0.25) is 0 Å². The zero-order chi connectivity index (χ0) is 64.0. The van der Waals surface area contributed by atoms with Gasteiger partial charge in [-0.3, -0.25) is 44.1 Å². The number of anilines is 2. The minimum Gasteiger partial charge on any atom is -0.497 e. The number of primary amides is 1. The highest BCUT2D eigenvalue weighted by Crippen LogP contribution is 2.42. The second kappa shape index (κ2) is 29.3. The summed E-state index contributed by atoms with van der Waals surface area (Å²) in [6.45, 7) is 3.87. The van der Waals surface area contributed by atoms with Crippen LogP contribution in [0.1, 0.15) is 96.2 Å². The zero-order valence-electron chi connectivity index (χ0n) is 50.2. The quantitative estimate of drug-likeness (QED) is 0.0244. The molecule has 8 amide bonds. The van der Waals surface area contributed by atoms with Crippen LogP contribution in [0.15, 0.2) is 119 Å². The summed E-state index contributed by atoms with van der Waals surface area (Å²) in [5.74, 6) is -1.59. The first kappa shape index (κ1) is 63.8. The minimum atomic E-state index is -1.16. The highest BCUT2D eigenvalue weighted by Gasteiger charge is 2.36. The number of carbonyl (C=O) groups is 8. The number of aliphatic imine (C=N–C) groups is 2. The van der Waals surface area contributed by atoms with Crippen molar-refractivity contribution in [2.24, 2.45) is 21.6 Å². The Morgan fingerprint density at radius 2 is 1.18 bits per heavy atom. The predicted octanol–water partition coefficient (Wildman–Crippen LogP) is 8.13. The molecule has 0 aromatic heterocycles. The molecular formula is C65H70N10O15. The Balaban J connectivity index is 0.735. The second-order valence-electron chi connectivity index (χ2n) is 21.8. The number of fused-ring (bicyclic) bond motifs is 4. The largest absolute Gasteiger partial charge is 0.497 e. The van der Waals surface area contributed by atoms with Crippen LogP contribution in [0.4, 0.5) is 32.3 Å². The summed E-state index contributed by atoms with van der Waals surface area (Å²) in [6.07, 6.45) is 7.63. The Kier molecular flexibility index (Phi) is 20.8. The van der Waals surface area contributed by atoms with E-state index in [1.165, 1.54) is 14.2 Å². The lowest BCUT2D eigenvalue weighted by molar-refractivity contribution is -0.139. The molecule has 0 aliphatic carbocycles. The lowest BCUT2D eigenvalue weighted by atomic mass is 10.0. The summed E-state index contributed by atoms with van der Waals surface area (Å²) < 4.78 is 34.5. The van der Waals surface area contributed by atoms with E-state index in [1.807, 2.05) is 42.6 Å². The average molecular weight is 1230 g/mol. The lowest BCUT2D eigenvalue weighted by Gasteiger charge is -2.25. The Labute approximate surface area is 518 Å². The molecule has 0 spiro atoms. The van der Waals surface area contributed by atoms with E-state index in [4.69, 9.17) is 49.2 Å². The number of urea groups is 1. The Morgan fingerprint density at radius 1 is 0.644 bits per heavy atom. The lowest BCUT2D eigenvalue weighted by Crippen LogP contribution is -2.54. The number of nitrogens with zero attached hydrogens (tertiary/aromatic N) is 4. The van der Waals surface area contributed by atoms with Gasteiger partial charge in [0.2, 0.25) is 17.7 Å². The van der Waals surface area contributed by atoms with Gasteiger partial charge >= 0.3 is 18.1 Å². The van der Waals surface area contributed by atoms with Crippen LogP contribution in [0.25, 0.3) is 11.1 Å². The highest BCUT2D eigenvalue weighted by atomic mass is 16.5. The second-order valence-corrected chi connectivity index (χ2v) is 21.8. The number of benzene rings is 5. The number of carboxylic acid groups (broad SMARTS) is 1. The van der Waals surface area contributed by atoms with Gasteiger partial charge in [0.1, 0.15) is 24.4 Å². The van der Waals surface area contributed by atoms with Crippen LogP contribution in [0, 0.1) is 5.92 Å². The molecule has 4 aliphatic heterocycles. The van der Waals surface area contributed by atoms with Crippen LogP contribution in [-0.2, 0) is 30.5 Å². The van der Waals surface area contributed by atoms with Crippen LogP contribution in [0.5, 0.6) is 28.7 Å². The van der Waals surface area contributed by atoms with Crippen molar-refractivity contribution in [1.29, 1.82) is 0 Å². The van der Waals surface area contributed by atoms with Gasteiger partial charge in [0.25, 0.3) is 11.8 Å². The first-order valence-electron chi connectivity index (χ1n) is 29.2. The van der Waals surface area contributed by atoms with Crippen molar-refractivity contribution in [3.63, 3.8) is 0 Å². The van der Waals surface area contributed by atoms with E-state index in [9.17, 15) is 38.4 Å². The van der Waals surface area contributed by atoms with Crippen LogP contribution < -0.4 is 56.0 Å². The molecule has 25 heteroatoms. The third-order valence-electron chi connectivity index (χ3n) is 15.2. The predicted molar refractivity (Wildman–Crippen MR) is 334 cm³/mol. The molecule has 25 nitrogen and oxygen atoms in total. The maximum atomic E-state index is 14.1. The van der Waals surface area contributed by atoms with Gasteiger partial charge in [-0.1, -0.05) is 50.2 Å². The van der Waals surface area contributed by atoms with Crippen molar-refractivity contribution < 1.29 is 71.9 Å². The van der Waals surface area contributed by atoms with Gasteiger partial charge in [0.05, 0.1) is 75.5 Å². The van der Waals surface area contributed by atoms with E-state index >= 15 is 0 Å². The molecule has 0 bridgehead atoms. The van der Waals surface area contributed by atoms with Crippen LogP contribution in [0.3, 0.4) is 0 Å². The number of ether oxygens (including phenoxy) is 6. The third-order valence-corrected chi connectivity index (χ3v) is 15.2. The fourth-order valence-electron chi connectivity index (χ4n) is 10.4. The number of carboxylic acids is 1. The molecule has 0 unspecified atom stereocenters. The molecule has 470 valence electrons. The van der Waals surface area contributed by atoms with Gasteiger partial charge in [0, 0.05) is 80.6 Å². The molecule has 0 saturated carbocycles. The van der Waals surface area contributed by atoms with Gasteiger partial charge in [0.15, 0.2) is 23.0 Å². The highest BCUT2D eigenvalue weighted by molar-refractivity contribution is 6.07. The summed E-state index contributed by atoms with van der Waals surface area (Å²) in [5, 5.41) is 22.1. The van der Waals surface area contributed by atoms with Crippen molar-refractivity contribution >= 4 is 94.0 Å². The number of nitrogens with two attached hydrogens (primary N) is 1. The average Bonchev–Trinajstić information content (AvgIpc) is 1.73. The Bertz CT molecular complexity index is 3660. The van der Waals surface area contributed by atoms with Gasteiger partial charge in [-0.15, -0.1) is 0 Å². The topological polar surface area (TPSA) is 330 Å². The SMILES string of the molecule is COc1ccc(C2=CN3C(=O)c4cc(OC)c(OCCCOc5cc6c(cc5OC)C(=O)N5C=C(c7ccc(NC(=O)OCc8ccc(NC(=O)[C@H](CCCNC(N)=O)NC(=O)[C@@H](NC(=O)CCC(=O)O)C(C)C)cc8)cc7)C[C@H]5C=N6)cc4N=C[C@@H]3C2)cc1. The summed E-state index contributed by atoms with van der Waals surface area (Å²) in [6, 6.07) is 24.4. The number of hydrogen-bond acceptors (Lipinski definition) is 16. The summed E-state index contributed by atoms with van der Waals surface area (Å²) in [5.41, 5.74) is 12.0. The molecule has 0 fully saturated rings. The van der Waals surface area contributed by atoms with Gasteiger partial charge in [-0.05, 0) is 95.1 Å². The van der Waals surface area contributed by atoms with Crippen molar-refractivity contribution in [3.05, 3.63) is 137 Å². The molecule has 4 aliphatic rings. The summed E-state index contributed by atoms with van der Waals surface area (Å²) in [7, 11) is 4.63. The van der Waals surface area contributed by atoms with Crippen LogP contribution >= 0.6 is 0 Å². The number of carbonyl (C=O) groups excluding carboxylic acids is 7. The van der Waals surface area contributed by atoms with E-state index in [-0.39, 0.29) is 69.5 Å². The maximum absolute atomic E-state index is 14.1. The van der Waals surface area contributed by atoms with Gasteiger partial charge in [-0.2, -0.15) is 0 Å². The molecule has 0 radical (unpaired) electrons. The number of methoxy groups -OCH3 is 3. The number of amides is 8. The monoisotopic (exact) mass is 1230 g/mol. The standard InChI is InChI=1S/C65H70N10O15/c1-37(2)59(73-57(76)21-22-58(77)78)61(80)72-50(8-6-23-67-64(66)83)60(79)70-43-15-9-38(10-16-43)36-90-65(84)71-44-17-11-39(12-18-44)41-26-45-32-68-51-30-55(53(86-4)28-48(51)62(81)74(45)34-41)88-24-7-25-89-56-31-52-49(29-54(56)87-5)63(82)75-35-42(27-46(75)33-69-52)40-13-19-47(85-3)20-14-40/h9-20,28-35,37,45-46,50,59H,6-8,21-27,36H2,1-5H3,(H,70,79)(H,71,84)(H,72,80)(H,73,76)(H,77,78)(H3,66,67,83)/t45-,46-,50-,59-/m0/s1. The smallest absolute Gasteiger partial charge is 0.411 e. The zero-order valence-corrected chi connectivity index (χ0v) is 50.2. The van der Waals surface area contributed by atoms with E-state index in [0.717, 1.165) is 28.0 Å². The van der Waals surface area contributed by atoms with E-state index < -0.39 is 60.2 Å². The fourth-order valence-corrected chi connectivity index (χ4v) is 10.4. The molecule has 0 saturated heterocycles. The molecule has 90 heavy (non-hydrogen) atoms. The van der Waals surface area contributed by atoms with E-state index in [1.54, 1.807) is 110 Å². The van der Waals surface area contributed by atoms with Crippen molar-refractivity contribution in [3.8, 4) is 28.7 Å². The van der Waals surface area contributed by atoms with Crippen molar-refractivity contribution in [2.45, 2.75) is 89.6 Å². The van der Waals surface area contributed by atoms with Crippen molar-refractivity contribution in [2.75, 3.05) is 51.7 Å². The maximum Gasteiger partial charge on any atom is 0.411 e. The molecule has 4 heterocycles. The summed E-state index contributed by atoms with van der Waals surface area (Å²) in [4.78, 5) is 115. The first-order chi connectivity index (χ1) is 43.4. The fraction of sp³-hybridized carbons (Fsp3) is 0.323. The third kappa shape index (κ3) is 15.9. The number of aliphatic carboxylic acids is 1. The molecule has 5 aromatic rings. The number of hydrogen-bond donors (Lipinski definition) is 7. The normalized spacial score (nSPS) is 15.9. The van der Waals surface area contributed by atoms with Crippen molar-refractivity contribution in [1.82, 2.24) is 25.8 Å². The minimum absolute atomic E-state index is 0.0903. The van der Waals surface area contributed by atoms with E-state index in [2.05, 4.69) is 26.6 Å². The molecule has 9 rings (SSSR count). The van der Waals surface area contributed by atoms with E-state index in [0.29, 0.717) is 81.7 Å². The molecule has 5 aromatic carbocycles. The molecule has 8 N–H and O–H groups in total. The number of rotatable bonds is 27. The van der Waals surface area contributed by atoms with Gasteiger partial charge in [-0.25, -0.2) is 9.59 Å². The Morgan fingerprint density at radius 3 is 1.69 bits per heavy atom. The van der Waals surface area contributed by atoms with Gasteiger partial charge < -0.3 is 70.3 Å². The van der Waals surface area contributed by atoms with Crippen LogP contribution in [-0.4, -0.2) is 140 Å². The Hall–Kier alpha value is -10.7.